The first-order chi connectivity index (χ1) is 6.70. The van der Waals surface area contributed by atoms with Crippen LogP contribution in [0.2, 0.25) is 0 Å². The van der Waals surface area contributed by atoms with Gasteiger partial charge in [-0.1, -0.05) is 0 Å². The smallest absolute Gasteiger partial charge is 0.275 e. The van der Waals surface area contributed by atoms with Crippen molar-refractivity contribution in [1.29, 1.82) is 0 Å². The Labute approximate surface area is 80.4 Å². The van der Waals surface area contributed by atoms with Gasteiger partial charge in [0.15, 0.2) is 12.7 Å². The zero-order chi connectivity index (χ0) is 10.4. The van der Waals surface area contributed by atoms with Crippen molar-refractivity contribution in [3.8, 4) is 0 Å². The van der Waals surface area contributed by atoms with Crippen molar-refractivity contribution in [2.75, 3.05) is 26.4 Å². The summed E-state index contributed by atoms with van der Waals surface area (Å²) in [5, 5.41) is 0. The van der Waals surface area contributed by atoms with Crippen LogP contribution in [0.5, 0.6) is 0 Å². The number of nitrogens with two attached hydrogens (primary N) is 1. The molecule has 0 saturated carbocycles. The number of ether oxygens (including phenoxy) is 2. The lowest BCUT2D eigenvalue weighted by atomic mass is 10.3. The Balaban J connectivity index is 2.16. The van der Waals surface area contributed by atoms with E-state index in [1.807, 2.05) is 5.48 Å². The molecule has 1 aliphatic heterocycles. The predicted molar refractivity (Wildman–Crippen MR) is 43.8 cm³/mol. The van der Waals surface area contributed by atoms with Crippen LogP contribution in [0, 0.1) is 0 Å². The Bertz CT molecular complexity index is 214. The van der Waals surface area contributed by atoms with Gasteiger partial charge in [-0.3, -0.25) is 14.4 Å². The number of primary amides is 1. The molecule has 1 aliphatic rings. The lowest BCUT2D eigenvalue weighted by Crippen LogP contribution is -2.43. The maximum absolute atomic E-state index is 11.2. The standard InChI is InChI=1S/C7H12N2O5/c8-6(10)4-14-9-7(11)5-3-12-1-2-13-5/h5H,1-4H2,(H2,8,10)(H,9,11). The lowest BCUT2D eigenvalue weighted by molar-refractivity contribution is -0.160. The van der Waals surface area contributed by atoms with E-state index in [-0.39, 0.29) is 13.2 Å². The summed E-state index contributed by atoms with van der Waals surface area (Å²) in [6.45, 7) is 0.672. The number of hydroxylamine groups is 1. The van der Waals surface area contributed by atoms with Crippen molar-refractivity contribution in [2.24, 2.45) is 5.73 Å². The van der Waals surface area contributed by atoms with E-state index in [2.05, 4.69) is 4.84 Å². The van der Waals surface area contributed by atoms with Crippen molar-refractivity contribution in [1.82, 2.24) is 5.48 Å². The molecule has 0 aromatic carbocycles. The van der Waals surface area contributed by atoms with E-state index in [9.17, 15) is 9.59 Å². The van der Waals surface area contributed by atoms with Crippen LogP contribution in [-0.4, -0.2) is 44.3 Å². The molecule has 1 atom stereocenters. The van der Waals surface area contributed by atoms with Crippen molar-refractivity contribution in [3.63, 3.8) is 0 Å². The number of carbonyl (C=O) groups is 2. The molecule has 1 heterocycles. The molecule has 7 nitrogen and oxygen atoms in total. The normalized spacial score (nSPS) is 21.6. The molecule has 0 bridgehead atoms. The van der Waals surface area contributed by atoms with Gasteiger partial charge in [0.1, 0.15) is 0 Å². The van der Waals surface area contributed by atoms with Crippen LogP contribution >= 0.6 is 0 Å². The molecule has 0 aromatic heterocycles. The summed E-state index contributed by atoms with van der Waals surface area (Å²) in [6, 6.07) is 0. The van der Waals surface area contributed by atoms with Crippen LogP contribution in [0.1, 0.15) is 0 Å². The second-order valence-electron chi connectivity index (χ2n) is 2.66. The molecule has 0 aliphatic carbocycles. The second kappa shape index (κ2) is 5.53. The molecule has 1 saturated heterocycles. The third-order valence-corrected chi connectivity index (χ3v) is 1.50. The van der Waals surface area contributed by atoms with E-state index < -0.39 is 17.9 Å². The highest BCUT2D eigenvalue weighted by Gasteiger charge is 2.22. The minimum Gasteiger partial charge on any atom is -0.376 e. The Morgan fingerprint density at radius 2 is 2.29 bits per heavy atom. The molecule has 0 spiro atoms. The predicted octanol–water partition coefficient (Wildman–Crippen LogP) is -2.07. The zero-order valence-corrected chi connectivity index (χ0v) is 7.52. The number of rotatable bonds is 4. The van der Waals surface area contributed by atoms with Crippen molar-refractivity contribution in [3.05, 3.63) is 0 Å². The van der Waals surface area contributed by atoms with Gasteiger partial charge in [-0.2, -0.15) is 0 Å². The first kappa shape index (κ1) is 10.9. The minimum absolute atomic E-state index is 0.186. The van der Waals surface area contributed by atoms with E-state index >= 15 is 0 Å². The van der Waals surface area contributed by atoms with Gasteiger partial charge in [0.05, 0.1) is 19.8 Å². The van der Waals surface area contributed by atoms with Crippen LogP contribution in [0.25, 0.3) is 0 Å². The lowest BCUT2D eigenvalue weighted by Gasteiger charge is -2.21. The Morgan fingerprint density at radius 3 is 2.86 bits per heavy atom. The average Bonchev–Trinajstić information content (AvgIpc) is 2.18. The van der Waals surface area contributed by atoms with Gasteiger partial charge in [-0.15, -0.1) is 0 Å². The van der Waals surface area contributed by atoms with Crippen LogP contribution in [0.4, 0.5) is 0 Å². The monoisotopic (exact) mass is 204 g/mol. The van der Waals surface area contributed by atoms with E-state index in [0.29, 0.717) is 13.2 Å². The second-order valence-corrected chi connectivity index (χ2v) is 2.66. The van der Waals surface area contributed by atoms with Gasteiger partial charge in [0.25, 0.3) is 5.91 Å². The fraction of sp³-hybridized carbons (Fsp3) is 0.714. The maximum atomic E-state index is 11.2. The summed E-state index contributed by atoms with van der Waals surface area (Å²) in [7, 11) is 0. The molecule has 1 rings (SSSR count). The number of amides is 2. The summed E-state index contributed by atoms with van der Waals surface area (Å²) in [5.41, 5.74) is 6.82. The highest BCUT2D eigenvalue weighted by molar-refractivity contribution is 5.80. The van der Waals surface area contributed by atoms with Crippen molar-refractivity contribution in [2.45, 2.75) is 6.10 Å². The van der Waals surface area contributed by atoms with E-state index in [0.717, 1.165) is 0 Å². The number of hydrogen-bond donors (Lipinski definition) is 2. The van der Waals surface area contributed by atoms with E-state index in [4.69, 9.17) is 15.2 Å². The quantitative estimate of drug-likeness (QED) is 0.513. The summed E-state index contributed by atoms with van der Waals surface area (Å²) in [4.78, 5) is 25.9. The Morgan fingerprint density at radius 1 is 1.50 bits per heavy atom. The van der Waals surface area contributed by atoms with E-state index in [1.165, 1.54) is 0 Å². The van der Waals surface area contributed by atoms with Crippen molar-refractivity contribution < 1.29 is 23.9 Å². The summed E-state index contributed by atoms with van der Waals surface area (Å²) < 4.78 is 10.1. The zero-order valence-electron chi connectivity index (χ0n) is 7.52. The average molecular weight is 204 g/mol. The molecule has 0 radical (unpaired) electrons. The molecule has 14 heavy (non-hydrogen) atoms. The largest absolute Gasteiger partial charge is 0.376 e. The Kier molecular flexibility index (Phi) is 4.30. The van der Waals surface area contributed by atoms with Gasteiger partial charge in [0, 0.05) is 0 Å². The first-order valence-electron chi connectivity index (χ1n) is 4.09. The third kappa shape index (κ3) is 3.69. The van der Waals surface area contributed by atoms with Gasteiger partial charge in [-0.05, 0) is 0 Å². The summed E-state index contributed by atoms with van der Waals surface area (Å²) in [5.74, 6) is -1.14. The fourth-order valence-corrected chi connectivity index (χ4v) is 0.883. The number of hydrogen-bond acceptors (Lipinski definition) is 5. The third-order valence-electron chi connectivity index (χ3n) is 1.50. The molecule has 1 unspecified atom stereocenters. The molecule has 2 amide bonds. The first-order valence-corrected chi connectivity index (χ1v) is 4.09. The van der Waals surface area contributed by atoms with E-state index in [1.54, 1.807) is 0 Å². The maximum Gasteiger partial charge on any atom is 0.275 e. The topological polar surface area (TPSA) is 99.9 Å². The summed E-state index contributed by atoms with van der Waals surface area (Å²) >= 11 is 0. The van der Waals surface area contributed by atoms with Gasteiger partial charge < -0.3 is 15.2 Å². The fourth-order valence-electron chi connectivity index (χ4n) is 0.883. The van der Waals surface area contributed by atoms with Crippen LogP contribution in [0.15, 0.2) is 0 Å². The number of nitrogens with one attached hydrogen (secondary N) is 1. The molecule has 3 N–H and O–H groups in total. The van der Waals surface area contributed by atoms with Gasteiger partial charge >= 0.3 is 0 Å². The van der Waals surface area contributed by atoms with Crippen molar-refractivity contribution >= 4 is 11.8 Å². The molecule has 1 fully saturated rings. The van der Waals surface area contributed by atoms with Crippen LogP contribution in [0.3, 0.4) is 0 Å². The summed E-state index contributed by atoms with van der Waals surface area (Å²) in [6.07, 6.45) is -0.684. The number of carbonyl (C=O) groups excluding carboxylic acids is 2. The van der Waals surface area contributed by atoms with Crippen LogP contribution in [-0.2, 0) is 23.9 Å². The molecule has 7 heteroatoms. The molecule has 0 aromatic rings. The molecular formula is C7H12N2O5. The molecular weight excluding hydrogens is 192 g/mol. The molecule has 80 valence electrons. The highest BCUT2D eigenvalue weighted by Crippen LogP contribution is 1.99. The van der Waals surface area contributed by atoms with Crippen LogP contribution < -0.4 is 11.2 Å². The van der Waals surface area contributed by atoms with Gasteiger partial charge in [0.2, 0.25) is 5.91 Å². The highest BCUT2D eigenvalue weighted by atomic mass is 16.7. The SMILES string of the molecule is NC(=O)CONC(=O)C1COCCO1. The van der Waals surface area contributed by atoms with Gasteiger partial charge in [-0.25, -0.2) is 5.48 Å². The minimum atomic E-state index is -0.684. The Hall–Kier alpha value is -1.18.